The number of nitriles is 1. The number of rotatable bonds is 4. The number of hydrogen-bond acceptors (Lipinski definition) is 4. The van der Waals surface area contributed by atoms with Crippen molar-refractivity contribution in [1.82, 2.24) is 0 Å². The molecule has 2 aromatic carbocycles. The number of methoxy groups -OCH3 is 1. The van der Waals surface area contributed by atoms with Crippen LogP contribution in [-0.4, -0.2) is 14.2 Å². The van der Waals surface area contributed by atoms with Crippen LogP contribution in [0, 0.1) is 11.3 Å². The fourth-order valence-electron chi connectivity index (χ4n) is 2.03. The second-order valence-electron chi connectivity index (χ2n) is 4.59. The molecule has 4 heteroatoms. The van der Waals surface area contributed by atoms with E-state index in [0.717, 1.165) is 22.7 Å². The lowest BCUT2D eigenvalue weighted by Gasteiger charge is -2.21. The minimum Gasteiger partial charge on any atom is -0.497 e. The molecule has 0 saturated heterocycles. The van der Waals surface area contributed by atoms with E-state index in [1.807, 2.05) is 42.3 Å². The van der Waals surface area contributed by atoms with Crippen LogP contribution in [-0.2, 0) is 6.54 Å². The third-order valence-electron chi connectivity index (χ3n) is 3.14. The average molecular weight is 267 g/mol. The summed E-state index contributed by atoms with van der Waals surface area (Å²) in [6.07, 6.45) is 0. The van der Waals surface area contributed by atoms with Gasteiger partial charge in [-0.15, -0.1) is 0 Å². The summed E-state index contributed by atoms with van der Waals surface area (Å²) < 4.78 is 5.22. The molecule has 2 aromatic rings. The van der Waals surface area contributed by atoms with Crippen LogP contribution in [0.25, 0.3) is 0 Å². The summed E-state index contributed by atoms with van der Waals surface area (Å²) in [6, 6.07) is 15.4. The zero-order chi connectivity index (χ0) is 14.5. The first-order valence-electron chi connectivity index (χ1n) is 6.27. The first-order valence-corrected chi connectivity index (χ1v) is 6.27. The average Bonchev–Trinajstić information content (AvgIpc) is 2.48. The van der Waals surface area contributed by atoms with Crippen molar-refractivity contribution in [3.05, 3.63) is 53.6 Å². The molecule has 2 N–H and O–H groups in total. The molecule has 0 amide bonds. The van der Waals surface area contributed by atoms with Crippen molar-refractivity contribution in [2.75, 3.05) is 24.8 Å². The normalized spacial score (nSPS) is 9.85. The summed E-state index contributed by atoms with van der Waals surface area (Å²) in [4.78, 5) is 2.02. The molecule has 2 rings (SSSR count). The molecule has 102 valence electrons. The molecule has 0 saturated carbocycles. The lowest BCUT2D eigenvalue weighted by atomic mass is 10.1. The molecular formula is C16H17N3O. The first kappa shape index (κ1) is 13.8. The van der Waals surface area contributed by atoms with Gasteiger partial charge in [0, 0.05) is 25.3 Å². The summed E-state index contributed by atoms with van der Waals surface area (Å²) in [5, 5.41) is 9.20. The Balaban J connectivity index is 2.26. The van der Waals surface area contributed by atoms with Crippen molar-refractivity contribution in [2.45, 2.75) is 6.54 Å². The van der Waals surface area contributed by atoms with E-state index in [1.54, 1.807) is 19.2 Å². The second-order valence-corrected chi connectivity index (χ2v) is 4.59. The summed E-state index contributed by atoms with van der Waals surface area (Å²) in [7, 11) is 3.57. The van der Waals surface area contributed by atoms with Crippen LogP contribution in [0.3, 0.4) is 0 Å². The zero-order valence-corrected chi connectivity index (χ0v) is 11.6. The van der Waals surface area contributed by atoms with E-state index in [4.69, 9.17) is 10.5 Å². The van der Waals surface area contributed by atoms with E-state index in [-0.39, 0.29) is 0 Å². The smallest absolute Gasteiger partial charge is 0.121 e. The van der Waals surface area contributed by atoms with Gasteiger partial charge in [0.25, 0.3) is 0 Å². The van der Waals surface area contributed by atoms with Crippen LogP contribution in [0.4, 0.5) is 11.4 Å². The highest BCUT2D eigenvalue weighted by molar-refractivity contribution is 5.62. The Morgan fingerprint density at radius 1 is 1.20 bits per heavy atom. The Hall–Kier alpha value is -2.67. The number of benzene rings is 2. The van der Waals surface area contributed by atoms with Crippen LogP contribution in [0.1, 0.15) is 11.1 Å². The van der Waals surface area contributed by atoms with Gasteiger partial charge in [-0.25, -0.2) is 0 Å². The van der Waals surface area contributed by atoms with Crippen molar-refractivity contribution in [2.24, 2.45) is 0 Å². The van der Waals surface area contributed by atoms with Gasteiger partial charge in [-0.3, -0.25) is 0 Å². The van der Waals surface area contributed by atoms with Gasteiger partial charge in [0.1, 0.15) is 11.8 Å². The molecule has 20 heavy (non-hydrogen) atoms. The maximum Gasteiger partial charge on any atom is 0.121 e. The van der Waals surface area contributed by atoms with Crippen LogP contribution in [0.5, 0.6) is 5.75 Å². The van der Waals surface area contributed by atoms with E-state index in [0.29, 0.717) is 12.1 Å². The van der Waals surface area contributed by atoms with E-state index >= 15 is 0 Å². The van der Waals surface area contributed by atoms with E-state index in [9.17, 15) is 5.26 Å². The van der Waals surface area contributed by atoms with E-state index in [1.165, 1.54) is 0 Å². The Morgan fingerprint density at radius 3 is 2.50 bits per heavy atom. The third-order valence-corrected chi connectivity index (χ3v) is 3.14. The fraction of sp³-hybridized carbons (Fsp3) is 0.188. The van der Waals surface area contributed by atoms with Crippen molar-refractivity contribution < 1.29 is 4.74 Å². The van der Waals surface area contributed by atoms with Gasteiger partial charge in [0.15, 0.2) is 0 Å². The highest BCUT2D eigenvalue weighted by Gasteiger charge is 2.09. The van der Waals surface area contributed by atoms with Gasteiger partial charge in [-0.1, -0.05) is 12.1 Å². The van der Waals surface area contributed by atoms with Gasteiger partial charge in [0.05, 0.1) is 18.4 Å². The van der Waals surface area contributed by atoms with Crippen LogP contribution in [0.2, 0.25) is 0 Å². The minimum atomic E-state index is 0.628. The topological polar surface area (TPSA) is 62.3 Å². The second kappa shape index (κ2) is 5.98. The number of ether oxygens (including phenoxy) is 1. The third kappa shape index (κ3) is 3.01. The molecule has 0 aliphatic rings. The summed E-state index contributed by atoms with van der Waals surface area (Å²) >= 11 is 0. The maximum atomic E-state index is 9.20. The Morgan fingerprint density at radius 2 is 1.90 bits per heavy atom. The van der Waals surface area contributed by atoms with Gasteiger partial charge in [0.2, 0.25) is 0 Å². The zero-order valence-electron chi connectivity index (χ0n) is 11.6. The van der Waals surface area contributed by atoms with Gasteiger partial charge < -0.3 is 15.4 Å². The standard InChI is InChI=1S/C16H17N3O/c1-19(11-12-3-6-14(18)7-4-12)16-9-15(20-2)8-5-13(16)10-17/h3-9H,11,18H2,1-2H3. The number of anilines is 2. The highest BCUT2D eigenvalue weighted by atomic mass is 16.5. The summed E-state index contributed by atoms with van der Waals surface area (Å²) in [5.41, 5.74) is 9.04. The number of nitrogen functional groups attached to an aromatic ring is 1. The lowest BCUT2D eigenvalue weighted by Crippen LogP contribution is -2.17. The quantitative estimate of drug-likeness (QED) is 0.865. The Labute approximate surface area is 119 Å². The van der Waals surface area contributed by atoms with Crippen molar-refractivity contribution in [3.63, 3.8) is 0 Å². The highest BCUT2D eigenvalue weighted by Crippen LogP contribution is 2.26. The molecule has 4 nitrogen and oxygen atoms in total. The molecule has 0 atom stereocenters. The van der Waals surface area contributed by atoms with Gasteiger partial charge in [-0.05, 0) is 29.8 Å². The molecule has 0 radical (unpaired) electrons. The summed E-state index contributed by atoms with van der Waals surface area (Å²) in [6.45, 7) is 0.697. The largest absolute Gasteiger partial charge is 0.497 e. The van der Waals surface area contributed by atoms with Crippen molar-refractivity contribution in [3.8, 4) is 11.8 Å². The Bertz CT molecular complexity index is 629. The molecule has 0 spiro atoms. The molecule has 0 aliphatic carbocycles. The fourth-order valence-corrected chi connectivity index (χ4v) is 2.03. The predicted octanol–water partition coefficient (Wildman–Crippen LogP) is 2.79. The first-order chi connectivity index (χ1) is 9.63. The minimum absolute atomic E-state index is 0.628. The van der Waals surface area contributed by atoms with Crippen LogP contribution in [0.15, 0.2) is 42.5 Å². The number of nitrogens with zero attached hydrogens (tertiary/aromatic N) is 2. The number of nitrogens with two attached hydrogens (primary N) is 1. The Kier molecular flexibility index (Phi) is 4.11. The van der Waals surface area contributed by atoms with Gasteiger partial charge in [-0.2, -0.15) is 5.26 Å². The van der Waals surface area contributed by atoms with Crippen molar-refractivity contribution in [1.29, 1.82) is 5.26 Å². The molecular weight excluding hydrogens is 250 g/mol. The SMILES string of the molecule is COc1ccc(C#N)c(N(C)Cc2ccc(N)cc2)c1. The van der Waals surface area contributed by atoms with Gasteiger partial charge >= 0.3 is 0 Å². The molecule has 0 bridgehead atoms. The lowest BCUT2D eigenvalue weighted by molar-refractivity contribution is 0.415. The summed E-state index contributed by atoms with van der Waals surface area (Å²) in [5.74, 6) is 0.739. The molecule has 0 unspecified atom stereocenters. The van der Waals surface area contributed by atoms with Crippen LogP contribution < -0.4 is 15.4 Å². The van der Waals surface area contributed by atoms with E-state index in [2.05, 4.69) is 6.07 Å². The predicted molar refractivity (Wildman–Crippen MR) is 80.7 cm³/mol. The van der Waals surface area contributed by atoms with Crippen LogP contribution >= 0.6 is 0 Å². The van der Waals surface area contributed by atoms with Crippen molar-refractivity contribution >= 4 is 11.4 Å². The molecule has 0 aromatic heterocycles. The monoisotopic (exact) mass is 267 g/mol. The molecule has 0 fully saturated rings. The maximum absolute atomic E-state index is 9.20. The molecule has 0 aliphatic heterocycles. The molecule has 0 heterocycles. The van der Waals surface area contributed by atoms with E-state index < -0.39 is 0 Å². The number of hydrogen-bond donors (Lipinski definition) is 1.